The number of hydrogen-bond donors (Lipinski definition) is 3. The maximum Gasteiger partial charge on any atom is 0.338 e. The van der Waals surface area contributed by atoms with Crippen molar-refractivity contribution in [1.82, 2.24) is 5.32 Å². The monoisotopic (exact) mass is 420 g/mol. The van der Waals surface area contributed by atoms with E-state index in [1.807, 2.05) is 0 Å². The van der Waals surface area contributed by atoms with Gasteiger partial charge in [-0.2, -0.15) is 0 Å². The van der Waals surface area contributed by atoms with Gasteiger partial charge in [-0.05, 0) is 62.7 Å². The van der Waals surface area contributed by atoms with Crippen molar-refractivity contribution in [3.05, 3.63) is 59.7 Å². The van der Waals surface area contributed by atoms with Gasteiger partial charge in [-0.15, -0.1) is 0 Å². The number of ether oxygens (including phenoxy) is 1. The highest BCUT2D eigenvalue weighted by Gasteiger charge is 2.16. The van der Waals surface area contributed by atoms with Gasteiger partial charge in [0.1, 0.15) is 0 Å². The maximum absolute atomic E-state index is 12.5. The standard InChI is InChI=1S/C20H24N2O6S/c1-13(2)21-19(24)12-28-20(25)16-4-8-17(9-5-16)22-29(26,27)18-10-6-15(7-11-18)14(3)23/h4-11,13-14,22-23H,12H2,1-3H3,(H,21,24)/t14-/m1/s1. The minimum atomic E-state index is -3.82. The summed E-state index contributed by atoms with van der Waals surface area (Å²) in [4.78, 5) is 23.5. The molecule has 0 aliphatic carbocycles. The van der Waals surface area contributed by atoms with Crippen LogP contribution >= 0.6 is 0 Å². The predicted molar refractivity (Wildman–Crippen MR) is 108 cm³/mol. The summed E-state index contributed by atoms with van der Waals surface area (Å²) in [6, 6.07) is 11.5. The number of benzene rings is 2. The summed E-state index contributed by atoms with van der Waals surface area (Å²) in [5.41, 5.74) is 1.05. The molecule has 0 spiro atoms. The van der Waals surface area contributed by atoms with Crippen LogP contribution in [0.4, 0.5) is 5.69 Å². The van der Waals surface area contributed by atoms with Gasteiger partial charge < -0.3 is 15.2 Å². The molecule has 29 heavy (non-hydrogen) atoms. The summed E-state index contributed by atoms with van der Waals surface area (Å²) < 4.78 is 32.3. The highest BCUT2D eigenvalue weighted by atomic mass is 32.2. The molecule has 2 aromatic rings. The highest BCUT2D eigenvalue weighted by molar-refractivity contribution is 7.92. The molecular weight excluding hydrogens is 396 g/mol. The van der Waals surface area contributed by atoms with E-state index in [4.69, 9.17) is 4.74 Å². The lowest BCUT2D eigenvalue weighted by atomic mass is 10.1. The van der Waals surface area contributed by atoms with Crippen molar-refractivity contribution in [2.24, 2.45) is 0 Å². The van der Waals surface area contributed by atoms with Crippen LogP contribution in [0.5, 0.6) is 0 Å². The Morgan fingerprint density at radius 1 is 1.00 bits per heavy atom. The van der Waals surface area contributed by atoms with Crippen LogP contribution in [0.15, 0.2) is 53.4 Å². The van der Waals surface area contributed by atoms with Crippen molar-refractivity contribution in [2.45, 2.75) is 37.8 Å². The Hall–Kier alpha value is -2.91. The first-order valence-corrected chi connectivity index (χ1v) is 10.4. The number of esters is 1. The molecule has 0 radical (unpaired) electrons. The average molecular weight is 420 g/mol. The first-order valence-electron chi connectivity index (χ1n) is 8.96. The van der Waals surface area contributed by atoms with E-state index in [1.165, 1.54) is 48.5 Å². The van der Waals surface area contributed by atoms with Crippen LogP contribution in [0, 0.1) is 0 Å². The number of carbonyl (C=O) groups is 2. The van der Waals surface area contributed by atoms with Crippen molar-refractivity contribution < 1.29 is 27.9 Å². The van der Waals surface area contributed by atoms with Gasteiger partial charge in [-0.3, -0.25) is 9.52 Å². The quantitative estimate of drug-likeness (QED) is 0.563. The SMILES string of the molecule is CC(C)NC(=O)COC(=O)c1ccc(NS(=O)(=O)c2ccc([C@@H](C)O)cc2)cc1. The first-order chi connectivity index (χ1) is 13.6. The van der Waals surface area contributed by atoms with E-state index in [1.54, 1.807) is 20.8 Å². The van der Waals surface area contributed by atoms with Crippen LogP contribution in [-0.4, -0.2) is 38.0 Å². The molecule has 0 saturated heterocycles. The number of sulfonamides is 1. The zero-order chi connectivity index (χ0) is 21.6. The molecule has 2 aromatic carbocycles. The van der Waals surface area contributed by atoms with Gasteiger partial charge in [-0.1, -0.05) is 12.1 Å². The second-order valence-corrected chi connectivity index (χ2v) is 8.41. The average Bonchev–Trinajstić information content (AvgIpc) is 2.66. The van der Waals surface area contributed by atoms with Gasteiger partial charge in [0.15, 0.2) is 6.61 Å². The predicted octanol–water partition coefficient (Wildman–Crippen LogP) is 2.22. The minimum Gasteiger partial charge on any atom is -0.452 e. The fraction of sp³-hybridized carbons (Fsp3) is 0.300. The Labute approximate surface area is 169 Å². The number of amides is 1. The van der Waals surface area contributed by atoms with E-state index in [0.717, 1.165) is 0 Å². The molecule has 0 heterocycles. The number of hydrogen-bond acceptors (Lipinski definition) is 6. The zero-order valence-corrected chi connectivity index (χ0v) is 17.2. The molecule has 0 aromatic heterocycles. The third-order valence-corrected chi connectivity index (χ3v) is 5.23. The van der Waals surface area contributed by atoms with Gasteiger partial charge in [0.25, 0.3) is 15.9 Å². The Bertz CT molecular complexity index is 951. The fourth-order valence-electron chi connectivity index (χ4n) is 2.39. The van der Waals surface area contributed by atoms with Crippen molar-refractivity contribution >= 4 is 27.6 Å². The van der Waals surface area contributed by atoms with Gasteiger partial charge in [-0.25, -0.2) is 13.2 Å². The number of rotatable bonds is 8. The lowest BCUT2D eigenvalue weighted by Gasteiger charge is -2.11. The Morgan fingerprint density at radius 3 is 2.10 bits per heavy atom. The van der Waals surface area contributed by atoms with Crippen LogP contribution in [0.3, 0.4) is 0 Å². The van der Waals surface area contributed by atoms with E-state index in [2.05, 4.69) is 10.0 Å². The van der Waals surface area contributed by atoms with E-state index >= 15 is 0 Å². The molecule has 0 bridgehead atoms. The molecule has 9 heteroatoms. The van der Waals surface area contributed by atoms with E-state index in [-0.39, 0.29) is 22.2 Å². The number of nitrogens with one attached hydrogen (secondary N) is 2. The lowest BCUT2D eigenvalue weighted by molar-refractivity contribution is -0.124. The summed E-state index contributed by atoms with van der Waals surface area (Å²) in [7, 11) is -3.82. The second-order valence-electron chi connectivity index (χ2n) is 6.73. The van der Waals surface area contributed by atoms with Gasteiger partial charge in [0.05, 0.1) is 16.6 Å². The Kier molecular flexibility index (Phi) is 7.35. The van der Waals surface area contributed by atoms with Crippen molar-refractivity contribution in [3.8, 4) is 0 Å². The van der Waals surface area contributed by atoms with Gasteiger partial charge in [0, 0.05) is 11.7 Å². The molecule has 1 amide bonds. The molecule has 0 saturated carbocycles. The van der Waals surface area contributed by atoms with Crippen molar-refractivity contribution in [1.29, 1.82) is 0 Å². The summed E-state index contributed by atoms with van der Waals surface area (Å²) in [6.45, 7) is 4.78. The number of aliphatic hydroxyl groups excluding tert-OH is 1. The summed E-state index contributed by atoms with van der Waals surface area (Å²) in [5, 5.41) is 12.1. The molecule has 2 rings (SSSR count). The van der Waals surface area contributed by atoms with Crippen LogP contribution in [0.25, 0.3) is 0 Å². The molecule has 1 atom stereocenters. The minimum absolute atomic E-state index is 0.0431. The van der Waals surface area contributed by atoms with Crippen molar-refractivity contribution in [3.63, 3.8) is 0 Å². The topological polar surface area (TPSA) is 122 Å². The molecule has 156 valence electrons. The normalized spacial score (nSPS) is 12.3. The number of carbonyl (C=O) groups excluding carboxylic acids is 2. The Morgan fingerprint density at radius 2 is 1.59 bits per heavy atom. The third kappa shape index (κ3) is 6.58. The lowest BCUT2D eigenvalue weighted by Crippen LogP contribution is -2.33. The summed E-state index contributed by atoms with van der Waals surface area (Å²) >= 11 is 0. The van der Waals surface area contributed by atoms with Crippen molar-refractivity contribution in [2.75, 3.05) is 11.3 Å². The smallest absolute Gasteiger partial charge is 0.338 e. The zero-order valence-electron chi connectivity index (χ0n) is 16.4. The van der Waals surface area contributed by atoms with E-state index in [9.17, 15) is 23.1 Å². The van der Waals surface area contributed by atoms with Crippen LogP contribution in [-0.2, 0) is 19.6 Å². The van der Waals surface area contributed by atoms with Crippen LogP contribution in [0.1, 0.15) is 42.8 Å². The maximum atomic E-state index is 12.5. The van der Waals surface area contributed by atoms with Gasteiger partial charge >= 0.3 is 5.97 Å². The second kappa shape index (κ2) is 9.53. The molecule has 8 nitrogen and oxygen atoms in total. The first kappa shape index (κ1) is 22.4. The molecule has 0 aliphatic heterocycles. The molecular formula is C20H24N2O6S. The molecule has 0 aliphatic rings. The Balaban J connectivity index is 2.00. The summed E-state index contributed by atoms with van der Waals surface area (Å²) in [6.07, 6.45) is -0.691. The van der Waals surface area contributed by atoms with E-state index in [0.29, 0.717) is 5.56 Å². The van der Waals surface area contributed by atoms with Gasteiger partial charge in [0.2, 0.25) is 0 Å². The van der Waals surface area contributed by atoms with Crippen LogP contribution in [0.2, 0.25) is 0 Å². The highest BCUT2D eigenvalue weighted by Crippen LogP contribution is 2.19. The molecule has 0 unspecified atom stereocenters. The van der Waals surface area contributed by atoms with Crippen LogP contribution < -0.4 is 10.0 Å². The third-order valence-electron chi connectivity index (χ3n) is 3.83. The number of anilines is 1. The number of aliphatic hydroxyl groups is 1. The summed E-state index contributed by atoms with van der Waals surface area (Å²) in [5.74, 6) is -1.09. The largest absolute Gasteiger partial charge is 0.452 e. The fourth-order valence-corrected chi connectivity index (χ4v) is 3.45. The molecule has 0 fully saturated rings. The molecule has 3 N–H and O–H groups in total. The van der Waals surface area contributed by atoms with E-state index < -0.39 is 34.6 Å².